The molecular formula is C16H18N4O3. The van der Waals surface area contributed by atoms with Crippen LogP contribution in [0.3, 0.4) is 0 Å². The highest BCUT2D eigenvalue weighted by Gasteiger charge is 2.28. The summed E-state index contributed by atoms with van der Waals surface area (Å²) >= 11 is 0. The first-order chi connectivity index (χ1) is 11.3. The van der Waals surface area contributed by atoms with Gasteiger partial charge >= 0.3 is 0 Å². The van der Waals surface area contributed by atoms with Crippen molar-refractivity contribution in [1.29, 1.82) is 0 Å². The van der Waals surface area contributed by atoms with E-state index in [1.54, 1.807) is 41.8 Å². The number of likely N-dealkylation sites (tertiary alicyclic amines) is 1. The molecule has 0 saturated carbocycles. The molecule has 1 aliphatic heterocycles. The van der Waals surface area contributed by atoms with E-state index in [4.69, 9.17) is 9.47 Å². The summed E-state index contributed by atoms with van der Waals surface area (Å²) < 4.78 is 11.0. The highest BCUT2D eigenvalue weighted by atomic mass is 16.5. The Bertz CT molecular complexity index is 648. The average Bonchev–Trinajstić information content (AvgIpc) is 3.05. The van der Waals surface area contributed by atoms with Gasteiger partial charge in [0.05, 0.1) is 24.9 Å². The summed E-state index contributed by atoms with van der Waals surface area (Å²) in [6, 6.07) is 3.44. The minimum Gasteiger partial charge on any atom is -0.478 e. The fourth-order valence-electron chi connectivity index (χ4n) is 2.45. The zero-order valence-electron chi connectivity index (χ0n) is 12.9. The molecule has 1 aliphatic rings. The van der Waals surface area contributed by atoms with Gasteiger partial charge in [-0.1, -0.05) is 0 Å². The van der Waals surface area contributed by atoms with E-state index in [2.05, 4.69) is 15.0 Å². The van der Waals surface area contributed by atoms with E-state index in [9.17, 15) is 4.79 Å². The molecular weight excluding hydrogens is 296 g/mol. The Labute approximate surface area is 134 Å². The predicted molar refractivity (Wildman–Crippen MR) is 82.4 cm³/mol. The number of carbonyl (C=O) groups excluding carboxylic acids is 1. The Morgan fingerprint density at radius 3 is 2.87 bits per heavy atom. The van der Waals surface area contributed by atoms with Crippen molar-refractivity contribution in [3.63, 3.8) is 0 Å². The second-order valence-corrected chi connectivity index (χ2v) is 5.14. The summed E-state index contributed by atoms with van der Waals surface area (Å²) in [7, 11) is 0. The molecule has 2 aromatic heterocycles. The van der Waals surface area contributed by atoms with Gasteiger partial charge < -0.3 is 14.4 Å². The number of carbonyl (C=O) groups is 1. The molecule has 0 spiro atoms. The molecule has 1 amide bonds. The topological polar surface area (TPSA) is 77.4 Å². The van der Waals surface area contributed by atoms with Gasteiger partial charge in [-0.2, -0.15) is 0 Å². The molecule has 0 N–H and O–H groups in total. The van der Waals surface area contributed by atoms with Crippen LogP contribution in [0.25, 0.3) is 0 Å². The fraction of sp³-hybridized carbons (Fsp3) is 0.375. The summed E-state index contributed by atoms with van der Waals surface area (Å²) in [5.41, 5.74) is 0.550. The molecule has 120 valence electrons. The number of ether oxygens (including phenoxy) is 2. The third-order valence-corrected chi connectivity index (χ3v) is 3.53. The number of hydrogen-bond donors (Lipinski definition) is 0. The van der Waals surface area contributed by atoms with Gasteiger partial charge in [0.1, 0.15) is 6.10 Å². The van der Waals surface area contributed by atoms with Crippen LogP contribution in [0.4, 0.5) is 0 Å². The number of pyridine rings is 1. The van der Waals surface area contributed by atoms with Gasteiger partial charge in [0, 0.05) is 37.6 Å². The first kappa shape index (κ1) is 15.2. The van der Waals surface area contributed by atoms with E-state index >= 15 is 0 Å². The van der Waals surface area contributed by atoms with Crippen LogP contribution in [-0.4, -0.2) is 51.6 Å². The number of rotatable bonds is 5. The highest BCUT2D eigenvalue weighted by Crippen LogP contribution is 2.18. The molecule has 3 heterocycles. The first-order valence-corrected chi connectivity index (χ1v) is 7.57. The highest BCUT2D eigenvalue weighted by molar-refractivity contribution is 5.94. The van der Waals surface area contributed by atoms with Crippen LogP contribution in [-0.2, 0) is 0 Å². The smallest absolute Gasteiger partial charge is 0.255 e. The molecule has 0 radical (unpaired) electrons. The Morgan fingerprint density at radius 1 is 1.26 bits per heavy atom. The summed E-state index contributed by atoms with van der Waals surface area (Å²) in [6.07, 6.45) is 7.00. The van der Waals surface area contributed by atoms with E-state index in [-0.39, 0.29) is 12.0 Å². The van der Waals surface area contributed by atoms with E-state index in [1.807, 2.05) is 6.92 Å². The van der Waals surface area contributed by atoms with Gasteiger partial charge in [0.25, 0.3) is 5.91 Å². The molecule has 1 saturated heterocycles. The van der Waals surface area contributed by atoms with E-state index in [1.165, 1.54) is 0 Å². The van der Waals surface area contributed by atoms with Crippen LogP contribution in [0.5, 0.6) is 11.8 Å². The summed E-state index contributed by atoms with van der Waals surface area (Å²) in [6.45, 7) is 3.62. The van der Waals surface area contributed by atoms with Crippen LogP contribution in [0.1, 0.15) is 23.7 Å². The molecule has 1 fully saturated rings. The van der Waals surface area contributed by atoms with Gasteiger partial charge in [-0.3, -0.25) is 9.78 Å². The number of amides is 1. The lowest BCUT2D eigenvalue weighted by Crippen LogP contribution is -2.31. The molecule has 0 aliphatic carbocycles. The van der Waals surface area contributed by atoms with Gasteiger partial charge in [0.2, 0.25) is 11.8 Å². The van der Waals surface area contributed by atoms with Crippen LogP contribution < -0.4 is 9.47 Å². The summed E-state index contributed by atoms with van der Waals surface area (Å²) in [5.74, 6) is 0.953. The van der Waals surface area contributed by atoms with Crippen LogP contribution in [0.15, 0.2) is 36.9 Å². The number of aromatic nitrogens is 3. The molecule has 1 unspecified atom stereocenters. The lowest BCUT2D eigenvalue weighted by molar-refractivity contribution is 0.0770. The third kappa shape index (κ3) is 3.74. The second kappa shape index (κ2) is 7.04. The van der Waals surface area contributed by atoms with Crippen LogP contribution >= 0.6 is 0 Å². The molecule has 1 atom stereocenters. The van der Waals surface area contributed by atoms with Crippen molar-refractivity contribution >= 4 is 5.91 Å². The van der Waals surface area contributed by atoms with Crippen molar-refractivity contribution in [2.24, 2.45) is 0 Å². The number of hydrogen-bond acceptors (Lipinski definition) is 6. The summed E-state index contributed by atoms with van der Waals surface area (Å²) in [5, 5.41) is 0. The Hall–Kier alpha value is -2.70. The Kier molecular flexibility index (Phi) is 4.65. The van der Waals surface area contributed by atoms with Crippen molar-refractivity contribution in [3.8, 4) is 11.8 Å². The van der Waals surface area contributed by atoms with Gasteiger partial charge in [-0.25, -0.2) is 9.97 Å². The molecule has 0 bridgehead atoms. The van der Waals surface area contributed by atoms with E-state index in [0.29, 0.717) is 37.0 Å². The Morgan fingerprint density at radius 2 is 2.17 bits per heavy atom. The van der Waals surface area contributed by atoms with Crippen LogP contribution in [0, 0.1) is 0 Å². The van der Waals surface area contributed by atoms with Gasteiger partial charge in [0.15, 0.2) is 0 Å². The maximum absolute atomic E-state index is 12.5. The van der Waals surface area contributed by atoms with Crippen molar-refractivity contribution in [1.82, 2.24) is 19.9 Å². The van der Waals surface area contributed by atoms with E-state index in [0.717, 1.165) is 6.42 Å². The molecule has 23 heavy (non-hydrogen) atoms. The molecule has 7 nitrogen and oxygen atoms in total. The largest absolute Gasteiger partial charge is 0.478 e. The lowest BCUT2D eigenvalue weighted by Gasteiger charge is -2.17. The minimum atomic E-state index is -0.0636. The fourth-order valence-corrected chi connectivity index (χ4v) is 2.45. The zero-order chi connectivity index (χ0) is 16.1. The van der Waals surface area contributed by atoms with Crippen molar-refractivity contribution < 1.29 is 14.3 Å². The van der Waals surface area contributed by atoms with Crippen molar-refractivity contribution in [2.75, 3.05) is 19.7 Å². The Balaban J connectivity index is 1.58. The second-order valence-electron chi connectivity index (χ2n) is 5.14. The monoisotopic (exact) mass is 314 g/mol. The van der Waals surface area contributed by atoms with Crippen molar-refractivity contribution in [3.05, 3.63) is 42.5 Å². The standard InChI is InChI=1S/C16H18N4O3/c1-2-22-14-4-3-12(9-19-14)16(21)20-8-5-13(11-20)23-15-10-17-6-7-18-15/h3-4,6-7,9-10,13H,2,5,8,11H2,1H3. The third-order valence-electron chi connectivity index (χ3n) is 3.53. The summed E-state index contributed by atoms with van der Waals surface area (Å²) in [4.78, 5) is 26.4. The molecule has 3 rings (SSSR count). The quantitative estimate of drug-likeness (QED) is 0.833. The maximum atomic E-state index is 12.5. The molecule has 2 aromatic rings. The van der Waals surface area contributed by atoms with Crippen molar-refractivity contribution in [2.45, 2.75) is 19.4 Å². The predicted octanol–water partition coefficient (Wildman–Crippen LogP) is 1.56. The minimum absolute atomic E-state index is 0.0502. The number of nitrogens with zero attached hydrogens (tertiary/aromatic N) is 4. The van der Waals surface area contributed by atoms with Crippen LogP contribution in [0.2, 0.25) is 0 Å². The lowest BCUT2D eigenvalue weighted by atomic mass is 10.2. The van der Waals surface area contributed by atoms with Gasteiger partial charge in [-0.05, 0) is 13.0 Å². The molecule has 0 aromatic carbocycles. The molecule has 7 heteroatoms. The van der Waals surface area contributed by atoms with E-state index < -0.39 is 0 Å². The normalized spacial score (nSPS) is 17.1. The van der Waals surface area contributed by atoms with Gasteiger partial charge in [-0.15, -0.1) is 0 Å². The maximum Gasteiger partial charge on any atom is 0.255 e. The average molecular weight is 314 g/mol. The first-order valence-electron chi connectivity index (χ1n) is 7.57. The SMILES string of the molecule is CCOc1ccc(C(=O)N2CCC(Oc3cnccn3)C2)cn1. The zero-order valence-corrected chi connectivity index (χ0v) is 12.9.